The number of amides is 1. The van der Waals surface area contributed by atoms with Crippen molar-refractivity contribution in [3.8, 4) is 11.5 Å². The molecule has 1 aromatic carbocycles. The topological polar surface area (TPSA) is 97.2 Å². The lowest BCUT2D eigenvalue weighted by Gasteiger charge is -2.08. The highest BCUT2D eigenvalue weighted by Gasteiger charge is 2.12. The van der Waals surface area contributed by atoms with E-state index in [0.717, 1.165) is 11.3 Å². The predicted octanol–water partition coefficient (Wildman–Crippen LogP) is 2.62. The second-order valence-electron chi connectivity index (χ2n) is 4.68. The van der Waals surface area contributed by atoms with Gasteiger partial charge in [0, 0.05) is 5.56 Å². The number of carboxylic acid groups (broad SMARTS) is 1. The van der Waals surface area contributed by atoms with Gasteiger partial charge in [-0.3, -0.25) is 4.79 Å². The zero-order valence-corrected chi connectivity index (χ0v) is 14.1. The van der Waals surface area contributed by atoms with Gasteiger partial charge in [0.25, 0.3) is 5.91 Å². The van der Waals surface area contributed by atoms with Crippen LogP contribution in [-0.2, 0) is 0 Å². The minimum Gasteiger partial charge on any atom is -0.493 e. The van der Waals surface area contributed by atoms with Gasteiger partial charge in [-0.05, 0) is 37.3 Å². The third-order valence-electron chi connectivity index (χ3n) is 3.14. The largest absolute Gasteiger partial charge is 0.493 e. The number of hydrogen-bond acceptors (Lipinski definition) is 6. The van der Waals surface area contributed by atoms with Gasteiger partial charge in [0.2, 0.25) is 0 Å². The van der Waals surface area contributed by atoms with Crippen molar-refractivity contribution >= 4 is 28.9 Å². The van der Waals surface area contributed by atoms with Crippen molar-refractivity contribution in [2.45, 2.75) is 6.92 Å². The van der Waals surface area contributed by atoms with Crippen molar-refractivity contribution in [2.75, 3.05) is 14.2 Å². The number of carbonyl (C=O) groups excluding carboxylic acids is 1. The number of hydrogen-bond donors (Lipinski definition) is 2. The number of thiophene rings is 1. The van der Waals surface area contributed by atoms with E-state index in [9.17, 15) is 9.59 Å². The molecule has 0 aliphatic carbocycles. The molecule has 0 saturated heterocycles. The van der Waals surface area contributed by atoms with Gasteiger partial charge >= 0.3 is 5.97 Å². The van der Waals surface area contributed by atoms with Crippen molar-refractivity contribution in [2.24, 2.45) is 5.10 Å². The quantitative estimate of drug-likeness (QED) is 0.618. The van der Waals surface area contributed by atoms with E-state index in [1.54, 1.807) is 31.2 Å². The van der Waals surface area contributed by atoms with E-state index in [2.05, 4.69) is 10.5 Å². The van der Waals surface area contributed by atoms with E-state index in [-0.39, 0.29) is 4.88 Å². The molecule has 24 heavy (non-hydrogen) atoms. The minimum atomic E-state index is -0.992. The van der Waals surface area contributed by atoms with Gasteiger partial charge in [0.1, 0.15) is 4.88 Å². The predicted molar refractivity (Wildman–Crippen MR) is 90.5 cm³/mol. The van der Waals surface area contributed by atoms with Crippen LogP contribution < -0.4 is 14.9 Å². The fourth-order valence-corrected chi connectivity index (χ4v) is 2.67. The first kappa shape index (κ1) is 17.5. The molecule has 2 rings (SSSR count). The molecule has 1 amide bonds. The SMILES string of the molecule is COc1ccc(C(=O)N/N=C(/C)c2ccc(C(=O)O)s2)cc1OC. The van der Waals surface area contributed by atoms with Gasteiger partial charge in [0.15, 0.2) is 11.5 Å². The summed E-state index contributed by atoms with van der Waals surface area (Å²) in [5.41, 5.74) is 3.31. The summed E-state index contributed by atoms with van der Waals surface area (Å²) < 4.78 is 10.3. The van der Waals surface area contributed by atoms with E-state index >= 15 is 0 Å². The molecule has 0 saturated carbocycles. The molecule has 0 atom stereocenters. The van der Waals surface area contributed by atoms with Gasteiger partial charge in [0.05, 0.1) is 24.8 Å². The second kappa shape index (κ2) is 7.60. The molecule has 7 nitrogen and oxygen atoms in total. The van der Waals surface area contributed by atoms with E-state index in [1.807, 2.05) is 0 Å². The molecule has 0 aliphatic rings. The zero-order chi connectivity index (χ0) is 17.7. The van der Waals surface area contributed by atoms with Crippen LogP contribution in [0.2, 0.25) is 0 Å². The number of ether oxygens (including phenoxy) is 2. The number of carbonyl (C=O) groups is 2. The Bertz CT molecular complexity index is 798. The van der Waals surface area contributed by atoms with Gasteiger partial charge in [-0.25, -0.2) is 10.2 Å². The molecule has 126 valence electrons. The molecule has 0 unspecified atom stereocenters. The molecule has 0 radical (unpaired) electrons. The van der Waals surface area contributed by atoms with Crippen molar-refractivity contribution in [3.05, 3.63) is 45.6 Å². The fourth-order valence-electron chi connectivity index (χ4n) is 1.88. The molecule has 2 N–H and O–H groups in total. The normalized spacial score (nSPS) is 11.0. The Labute approximate surface area is 142 Å². The van der Waals surface area contributed by atoms with Gasteiger partial charge in [-0.15, -0.1) is 11.3 Å². The number of methoxy groups -OCH3 is 2. The van der Waals surface area contributed by atoms with E-state index in [0.29, 0.717) is 27.7 Å². The maximum absolute atomic E-state index is 12.2. The van der Waals surface area contributed by atoms with Crippen LogP contribution in [0.3, 0.4) is 0 Å². The first-order valence-corrected chi connectivity index (χ1v) is 7.68. The molecular formula is C16H16N2O5S. The van der Waals surface area contributed by atoms with Crippen LogP contribution in [0.5, 0.6) is 11.5 Å². The Morgan fingerprint density at radius 1 is 1.08 bits per heavy atom. The minimum absolute atomic E-state index is 0.214. The molecule has 1 aromatic heterocycles. The number of benzene rings is 1. The number of carboxylic acids is 1. The molecule has 0 spiro atoms. The van der Waals surface area contributed by atoms with Gasteiger partial charge in [-0.1, -0.05) is 0 Å². The average Bonchev–Trinajstić information content (AvgIpc) is 3.09. The Balaban J connectivity index is 2.12. The third-order valence-corrected chi connectivity index (χ3v) is 4.33. The lowest BCUT2D eigenvalue weighted by atomic mass is 10.2. The molecule has 2 aromatic rings. The smallest absolute Gasteiger partial charge is 0.345 e. The van der Waals surface area contributed by atoms with Crippen LogP contribution in [0.15, 0.2) is 35.4 Å². The molecule has 0 fully saturated rings. The third kappa shape index (κ3) is 3.90. The lowest BCUT2D eigenvalue weighted by Crippen LogP contribution is -2.19. The highest BCUT2D eigenvalue weighted by atomic mass is 32.1. The van der Waals surface area contributed by atoms with Gasteiger partial charge in [-0.2, -0.15) is 5.10 Å². The number of hydrazone groups is 1. The molecule has 0 aliphatic heterocycles. The maximum atomic E-state index is 12.2. The van der Waals surface area contributed by atoms with Crippen LogP contribution in [0.4, 0.5) is 0 Å². The van der Waals surface area contributed by atoms with E-state index in [4.69, 9.17) is 14.6 Å². The Kier molecular flexibility index (Phi) is 5.54. The number of aromatic carboxylic acids is 1. The summed E-state index contributed by atoms with van der Waals surface area (Å²) in [7, 11) is 3.00. The Morgan fingerprint density at radius 2 is 1.75 bits per heavy atom. The summed E-state index contributed by atoms with van der Waals surface area (Å²) in [6.07, 6.45) is 0. The second-order valence-corrected chi connectivity index (χ2v) is 5.76. The summed E-state index contributed by atoms with van der Waals surface area (Å²) in [5.74, 6) is -0.442. The first-order chi connectivity index (χ1) is 11.5. The molecular weight excluding hydrogens is 332 g/mol. The van der Waals surface area contributed by atoms with Crippen molar-refractivity contribution in [1.29, 1.82) is 0 Å². The summed E-state index contributed by atoms with van der Waals surface area (Å²) in [5, 5.41) is 12.9. The van der Waals surface area contributed by atoms with Crippen LogP contribution in [0.1, 0.15) is 31.8 Å². The van der Waals surface area contributed by atoms with Crippen LogP contribution in [-0.4, -0.2) is 36.9 Å². The number of nitrogens with zero attached hydrogens (tertiary/aromatic N) is 1. The fraction of sp³-hybridized carbons (Fsp3) is 0.188. The summed E-state index contributed by atoms with van der Waals surface area (Å²) >= 11 is 1.09. The number of rotatable bonds is 6. The summed E-state index contributed by atoms with van der Waals surface area (Å²) in [4.78, 5) is 23.9. The standard InChI is InChI=1S/C16H16N2O5S/c1-9(13-6-7-14(24-13)16(20)21)17-18-15(19)10-4-5-11(22-2)12(8-10)23-3/h4-8H,1-3H3,(H,18,19)(H,20,21)/b17-9-. The summed E-state index contributed by atoms with van der Waals surface area (Å²) in [6, 6.07) is 7.91. The van der Waals surface area contributed by atoms with Crippen molar-refractivity contribution in [1.82, 2.24) is 5.43 Å². The summed E-state index contributed by atoms with van der Waals surface area (Å²) in [6.45, 7) is 1.69. The van der Waals surface area contributed by atoms with Crippen LogP contribution in [0, 0.1) is 0 Å². The monoisotopic (exact) mass is 348 g/mol. The molecule has 1 heterocycles. The first-order valence-electron chi connectivity index (χ1n) is 6.86. The Hall–Kier alpha value is -2.87. The van der Waals surface area contributed by atoms with E-state index < -0.39 is 11.9 Å². The zero-order valence-electron chi connectivity index (χ0n) is 13.3. The highest BCUT2D eigenvalue weighted by molar-refractivity contribution is 7.15. The van der Waals surface area contributed by atoms with E-state index in [1.165, 1.54) is 20.3 Å². The van der Waals surface area contributed by atoms with Crippen molar-refractivity contribution < 1.29 is 24.2 Å². The highest BCUT2D eigenvalue weighted by Crippen LogP contribution is 2.27. The maximum Gasteiger partial charge on any atom is 0.345 e. The Morgan fingerprint density at radius 3 is 2.33 bits per heavy atom. The van der Waals surface area contributed by atoms with Crippen molar-refractivity contribution in [3.63, 3.8) is 0 Å². The lowest BCUT2D eigenvalue weighted by molar-refractivity contribution is 0.0702. The van der Waals surface area contributed by atoms with Gasteiger partial charge < -0.3 is 14.6 Å². The van der Waals surface area contributed by atoms with Crippen LogP contribution in [0.25, 0.3) is 0 Å². The molecule has 8 heteroatoms. The average molecular weight is 348 g/mol. The van der Waals surface area contributed by atoms with Crippen LogP contribution >= 0.6 is 11.3 Å². The number of nitrogens with one attached hydrogen (secondary N) is 1. The molecule has 0 bridgehead atoms.